The molecule has 0 aliphatic rings. The molecule has 0 bridgehead atoms. The number of thiophene rings is 1. The topological polar surface area (TPSA) is 86.6 Å². The number of aliphatic hydroxyl groups is 2. The Bertz CT molecular complexity index is 493. The molecule has 98 valence electrons. The Balaban J connectivity index is 3.09. The molecule has 0 saturated carbocycles. The van der Waals surface area contributed by atoms with Crippen molar-refractivity contribution in [3.8, 4) is 0 Å². The summed E-state index contributed by atoms with van der Waals surface area (Å²) in [4.78, 5) is 0.796. The van der Waals surface area contributed by atoms with Gasteiger partial charge in [0.15, 0.2) is 0 Å². The molecule has 0 amide bonds. The van der Waals surface area contributed by atoms with Crippen LogP contribution >= 0.6 is 27.3 Å². The first-order valence-electron chi connectivity index (χ1n) is 4.76. The lowest BCUT2D eigenvalue weighted by molar-refractivity contribution is 0.122. The molecule has 5 nitrogen and oxygen atoms in total. The predicted molar refractivity (Wildman–Crippen MR) is 69.7 cm³/mol. The van der Waals surface area contributed by atoms with Crippen LogP contribution in [0, 0.1) is 6.92 Å². The standard InChI is InChI=1S/C9H14BrNO4S2/c1-6-7(3-8(10)16-6)17(14,15)11-9(2,4-12)5-13/h3,11-13H,4-5H2,1-2H3. The summed E-state index contributed by atoms with van der Waals surface area (Å²) in [5.41, 5.74) is -1.26. The molecule has 1 aromatic heterocycles. The van der Waals surface area contributed by atoms with Gasteiger partial charge in [-0.25, -0.2) is 13.1 Å². The molecule has 1 heterocycles. The highest BCUT2D eigenvalue weighted by molar-refractivity contribution is 9.11. The number of hydrogen-bond donors (Lipinski definition) is 3. The van der Waals surface area contributed by atoms with E-state index in [4.69, 9.17) is 10.2 Å². The molecule has 1 aromatic rings. The van der Waals surface area contributed by atoms with E-state index in [0.717, 1.165) is 0 Å². The zero-order chi connectivity index (χ0) is 13.3. The number of rotatable bonds is 5. The van der Waals surface area contributed by atoms with Gasteiger partial charge in [-0.05, 0) is 35.8 Å². The van der Waals surface area contributed by atoms with Crippen LogP contribution in [0.15, 0.2) is 14.7 Å². The van der Waals surface area contributed by atoms with Gasteiger partial charge in [0.2, 0.25) is 10.0 Å². The minimum Gasteiger partial charge on any atom is -0.394 e. The van der Waals surface area contributed by atoms with Crippen molar-refractivity contribution in [2.45, 2.75) is 24.3 Å². The first-order chi connectivity index (χ1) is 7.74. The summed E-state index contributed by atoms with van der Waals surface area (Å²) in [7, 11) is -3.74. The zero-order valence-corrected chi connectivity index (χ0v) is 12.6. The maximum atomic E-state index is 12.1. The average Bonchev–Trinajstić information content (AvgIpc) is 2.58. The van der Waals surface area contributed by atoms with E-state index in [2.05, 4.69) is 20.7 Å². The van der Waals surface area contributed by atoms with E-state index in [1.165, 1.54) is 24.3 Å². The fourth-order valence-electron chi connectivity index (χ4n) is 1.19. The Labute approximate surface area is 113 Å². The Hall–Kier alpha value is 0.01000. The van der Waals surface area contributed by atoms with Gasteiger partial charge < -0.3 is 10.2 Å². The van der Waals surface area contributed by atoms with E-state index >= 15 is 0 Å². The third-order valence-electron chi connectivity index (χ3n) is 2.21. The molecule has 0 radical (unpaired) electrons. The monoisotopic (exact) mass is 343 g/mol. The average molecular weight is 344 g/mol. The van der Waals surface area contributed by atoms with Crippen LogP contribution in [0.2, 0.25) is 0 Å². The van der Waals surface area contributed by atoms with Gasteiger partial charge in [-0.1, -0.05) is 0 Å². The highest BCUT2D eigenvalue weighted by atomic mass is 79.9. The van der Waals surface area contributed by atoms with Gasteiger partial charge in [-0.3, -0.25) is 0 Å². The van der Waals surface area contributed by atoms with Crippen LogP contribution in [-0.2, 0) is 10.0 Å². The number of hydrogen-bond acceptors (Lipinski definition) is 5. The lowest BCUT2D eigenvalue weighted by atomic mass is 10.1. The third-order valence-corrected chi connectivity index (χ3v) is 5.66. The van der Waals surface area contributed by atoms with Crippen LogP contribution < -0.4 is 4.72 Å². The van der Waals surface area contributed by atoms with Crippen molar-refractivity contribution < 1.29 is 18.6 Å². The minimum absolute atomic E-state index is 0.155. The summed E-state index contributed by atoms with van der Waals surface area (Å²) in [6.07, 6.45) is 0. The first kappa shape index (κ1) is 15.1. The van der Waals surface area contributed by atoms with Crippen LogP contribution in [-0.4, -0.2) is 37.4 Å². The fraction of sp³-hybridized carbons (Fsp3) is 0.556. The summed E-state index contributed by atoms with van der Waals surface area (Å²) in [5.74, 6) is 0. The normalized spacial score (nSPS) is 13.0. The van der Waals surface area contributed by atoms with Gasteiger partial charge >= 0.3 is 0 Å². The van der Waals surface area contributed by atoms with Gasteiger partial charge in [0, 0.05) is 4.88 Å². The Kier molecular flexibility index (Phi) is 4.73. The van der Waals surface area contributed by atoms with Crippen LogP contribution in [0.1, 0.15) is 11.8 Å². The van der Waals surface area contributed by atoms with Crippen LogP contribution in [0.3, 0.4) is 0 Å². The maximum Gasteiger partial charge on any atom is 0.242 e. The molecule has 17 heavy (non-hydrogen) atoms. The Morgan fingerprint density at radius 2 is 2.00 bits per heavy atom. The van der Waals surface area contributed by atoms with Gasteiger partial charge in [0.05, 0.1) is 27.4 Å². The van der Waals surface area contributed by atoms with E-state index in [0.29, 0.717) is 8.66 Å². The van der Waals surface area contributed by atoms with Crippen molar-refractivity contribution in [1.29, 1.82) is 0 Å². The molecule has 0 unspecified atom stereocenters. The van der Waals surface area contributed by atoms with Crippen LogP contribution in [0.4, 0.5) is 0 Å². The van der Waals surface area contributed by atoms with Crippen LogP contribution in [0.25, 0.3) is 0 Å². The highest BCUT2D eigenvalue weighted by Crippen LogP contribution is 2.30. The second kappa shape index (κ2) is 5.33. The van der Waals surface area contributed by atoms with E-state index in [9.17, 15) is 8.42 Å². The molecule has 0 aliphatic carbocycles. The maximum absolute atomic E-state index is 12.1. The largest absolute Gasteiger partial charge is 0.394 e. The zero-order valence-electron chi connectivity index (χ0n) is 9.40. The third kappa shape index (κ3) is 3.49. The molecule has 0 saturated heterocycles. The molecule has 0 aliphatic heterocycles. The molecule has 8 heteroatoms. The fourth-order valence-corrected chi connectivity index (χ4v) is 5.00. The molecule has 0 fully saturated rings. The lowest BCUT2D eigenvalue weighted by Crippen LogP contribution is -2.51. The van der Waals surface area contributed by atoms with E-state index in [1.54, 1.807) is 6.92 Å². The molecule has 0 aromatic carbocycles. The SMILES string of the molecule is Cc1sc(Br)cc1S(=O)(=O)NC(C)(CO)CO. The highest BCUT2D eigenvalue weighted by Gasteiger charge is 2.31. The number of sulfonamides is 1. The second-order valence-corrected chi connectivity index (χ2v) is 8.24. The van der Waals surface area contributed by atoms with E-state index in [1.807, 2.05) is 0 Å². The lowest BCUT2D eigenvalue weighted by Gasteiger charge is -2.25. The Morgan fingerprint density at radius 1 is 1.47 bits per heavy atom. The summed E-state index contributed by atoms with van der Waals surface area (Å²) < 4.78 is 27.1. The van der Waals surface area contributed by atoms with Gasteiger partial charge in [-0.2, -0.15) is 0 Å². The smallest absolute Gasteiger partial charge is 0.242 e. The van der Waals surface area contributed by atoms with Crippen molar-refractivity contribution in [3.63, 3.8) is 0 Å². The summed E-state index contributed by atoms with van der Waals surface area (Å²) in [5, 5.41) is 18.2. The van der Waals surface area contributed by atoms with Crippen molar-refractivity contribution in [1.82, 2.24) is 4.72 Å². The molecule has 0 spiro atoms. The Morgan fingerprint density at radius 3 is 2.35 bits per heavy atom. The number of aryl methyl sites for hydroxylation is 1. The van der Waals surface area contributed by atoms with Crippen molar-refractivity contribution in [2.75, 3.05) is 13.2 Å². The predicted octanol–water partition coefficient (Wildman–Crippen LogP) is 0.841. The summed E-state index contributed by atoms with van der Waals surface area (Å²) >= 11 is 4.53. The van der Waals surface area contributed by atoms with Crippen molar-refractivity contribution >= 4 is 37.3 Å². The van der Waals surface area contributed by atoms with E-state index in [-0.39, 0.29) is 4.90 Å². The number of halogens is 1. The number of aliphatic hydroxyl groups excluding tert-OH is 2. The molecular formula is C9H14BrNO4S2. The molecular weight excluding hydrogens is 330 g/mol. The number of nitrogens with one attached hydrogen (secondary N) is 1. The summed E-state index contributed by atoms with van der Waals surface area (Å²) in [6, 6.07) is 1.50. The van der Waals surface area contributed by atoms with Crippen molar-refractivity contribution in [3.05, 3.63) is 14.7 Å². The van der Waals surface area contributed by atoms with Crippen molar-refractivity contribution in [2.24, 2.45) is 0 Å². The van der Waals surface area contributed by atoms with Gasteiger partial charge in [0.1, 0.15) is 0 Å². The van der Waals surface area contributed by atoms with E-state index < -0.39 is 28.8 Å². The molecule has 3 N–H and O–H groups in total. The second-order valence-electron chi connectivity index (χ2n) is 3.95. The van der Waals surface area contributed by atoms with Crippen LogP contribution in [0.5, 0.6) is 0 Å². The minimum atomic E-state index is -3.74. The quantitative estimate of drug-likeness (QED) is 0.739. The van der Waals surface area contributed by atoms with Gasteiger partial charge in [-0.15, -0.1) is 11.3 Å². The molecule has 0 atom stereocenters. The molecule has 1 rings (SSSR count). The first-order valence-corrected chi connectivity index (χ1v) is 7.85. The summed E-state index contributed by atoms with van der Waals surface area (Å²) in [6.45, 7) is 2.17. The van der Waals surface area contributed by atoms with Gasteiger partial charge in [0.25, 0.3) is 0 Å².